The van der Waals surface area contributed by atoms with E-state index in [2.05, 4.69) is 0 Å². The molecule has 3 rings (SSSR count). The number of methoxy groups -OCH3 is 1. The molecule has 0 aromatic heterocycles. The molecule has 128 valence electrons. The van der Waals surface area contributed by atoms with Crippen molar-refractivity contribution in [1.82, 2.24) is 4.31 Å². The normalized spacial score (nSPS) is 18.7. The molecule has 0 bridgehead atoms. The summed E-state index contributed by atoms with van der Waals surface area (Å²) in [7, 11) is -1.89. The molecule has 0 saturated carbocycles. The Bertz CT molecular complexity index is 834. The standard InChI is InChI=1S/C18H20ClNO3S/c1-13-17(19)4-3-5-18(13)24(21,22)20-11-10-15(12-20)14-6-8-16(23-2)9-7-14/h3-9,15H,10-12H2,1-2H3. The molecule has 0 amide bonds. The summed E-state index contributed by atoms with van der Waals surface area (Å²) in [6.07, 6.45) is 0.811. The zero-order valence-electron chi connectivity index (χ0n) is 13.7. The lowest BCUT2D eigenvalue weighted by atomic mass is 9.99. The molecule has 1 aliphatic heterocycles. The van der Waals surface area contributed by atoms with Crippen molar-refractivity contribution < 1.29 is 13.2 Å². The Morgan fingerprint density at radius 3 is 2.54 bits per heavy atom. The molecule has 1 aliphatic rings. The molecule has 0 aliphatic carbocycles. The van der Waals surface area contributed by atoms with Crippen LogP contribution in [0, 0.1) is 6.92 Å². The maximum absolute atomic E-state index is 12.9. The van der Waals surface area contributed by atoms with Crippen molar-refractivity contribution in [3.63, 3.8) is 0 Å². The maximum Gasteiger partial charge on any atom is 0.243 e. The van der Waals surface area contributed by atoms with E-state index in [9.17, 15) is 8.42 Å². The molecule has 2 aromatic carbocycles. The lowest BCUT2D eigenvalue weighted by Gasteiger charge is -2.18. The summed E-state index contributed by atoms with van der Waals surface area (Å²) in [5, 5.41) is 0.474. The van der Waals surface area contributed by atoms with Crippen LogP contribution in [0.3, 0.4) is 0 Å². The number of benzene rings is 2. The summed E-state index contributed by atoms with van der Waals surface area (Å²) in [4.78, 5) is 0.297. The highest BCUT2D eigenvalue weighted by Gasteiger charge is 2.34. The number of hydrogen-bond acceptors (Lipinski definition) is 3. The summed E-state index contributed by atoms with van der Waals surface area (Å²) in [6.45, 7) is 2.75. The minimum Gasteiger partial charge on any atom is -0.497 e. The first-order valence-electron chi connectivity index (χ1n) is 7.82. The van der Waals surface area contributed by atoms with E-state index in [1.165, 1.54) is 0 Å². The van der Waals surface area contributed by atoms with Gasteiger partial charge in [-0.1, -0.05) is 29.8 Å². The third-order valence-corrected chi connectivity index (χ3v) is 6.99. The summed E-state index contributed by atoms with van der Waals surface area (Å²) in [5.41, 5.74) is 1.74. The van der Waals surface area contributed by atoms with Gasteiger partial charge < -0.3 is 4.74 Å². The molecule has 1 unspecified atom stereocenters. The number of ether oxygens (including phenoxy) is 1. The fraction of sp³-hybridized carbons (Fsp3) is 0.333. The number of sulfonamides is 1. The van der Waals surface area contributed by atoms with Crippen molar-refractivity contribution in [2.24, 2.45) is 0 Å². The van der Waals surface area contributed by atoms with Crippen LogP contribution in [0.2, 0.25) is 5.02 Å². The van der Waals surface area contributed by atoms with E-state index in [1.807, 2.05) is 24.3 Å². The van der Waals surface area contributed by atoms with Gasteiger partial charge in [-0.2, -0.15) is 4.31 Å². The van der Waals surface area contributed by atoms with Crippen LogP contribution in [0.15, 0.2) is 47.4 Å². The molecule has 6 heteroatoms. The van der Waals surface area contributed by atoms with Crippen LogP contribution in [0.5, 0.6) is 5.75 Å². The van der Waals surface area contributed by atoms with Gasteiger partial charge in [0.1, 0.15) is 5.75 Å². The number of halogens is 1. The van der Waals surface area contributed by atoms with Gasteiger partial charge in [-0.3, -0.25) is 0 Å². The number of hydrogen-bond donors (Lipinski definition) is 0. The van der Waals surface area contributed by atoms with E-state index >= 15 is 0 Å². The van der Waals surface area contributed by atoms with Gasteiger partial charge in [0.25, 0.3) is 0 Å². The Hall–Kier alpha value is -1.56. The van der Waals surface area contributed by atoms with Gasteiger partial charge in [-0.05, 0) is 54.7 Å². The third-order valence-electron chi connectivity index (χ3n) is 4.57. The second kappa shape index (κ2) is 6.75. The zero-order valence-corrected chi connectivity index (χ0v) is 15.3. The van der Waals surface area contributed by atoms with Gasteiger partial charge in [0.2, 0.25) is 10.0 Å². The molecule has 0 spiro atoms. The number of nitrogens with zero attached hydrogens (tertiary/aromatic N) is 1. The zero-order chi connectivity index (χ0) is 17.3. The Balaban J connectivity index is 1.82. The van der Waals surface area contributed by atoms with Crippen molar-refractivity contribution in [3.05, 3.63) is 58.6 Å². The molecule has 24 heavy (non-hydrogen) atoms. The average molecular weight is 366 g/mol. The second-order valence-corrected chi connectivity index (χ2v) is 8.30. The summed E-state index contributed by atoms with van der Waals surface area (Å²) < 4.78 is 32.6. The monoisotopic (exact) mass is 365 g/mol. The topological polar surface area (TPSA) is 46.6 Å². The Morgan fingerprint density at radius 1 is 1.17 bits per heavy atom. The van der Waals surface area contributed by atoms with Crippen LogP contribution in [0.4, 0.5) is 0 Å². The van der Waals surface area contributed by atoms with E-state index < -0.39 is 10.0 Å². The Morgan fingerprint density at radius 2 is 1.88 bits per heavy atom. The van der Waals surface area contributed by atoms with E-state index in [0.29, 0.717) is 28.6 Å². The van der Waals surface area contributed by atoms with Crippen LogP contribution in [-0.4, -0.2) is 32.9 Å². The fourth-order valence-electron chi connectivity index (χ4n) is 3.10. The van der Waals surface area contributed by atoms with Gasteiger partial charge in [-0.15, -0.1) is 0 Å². The average Bonchev–Trinajstić information content (AvgIpc) is 3.08. The first-order chi connectivity index (χ1) is 11.4. The van der Waals surface area contributed by atoms with Crippen LogP contribution in [0.25, 0.3) is 0 Å². The van der Waals surface area contributed by atoms with Gasteiger partial charge in [0.05, 0.1) is 12.0 Å². The SMILES string of the molecule is COc1ccc(C2CCN(S(=O)(=O)c3cccc(Cl)c3C)C2)cc1. The first kappa shape index (κ1) is 17.3. The molecular formula is C18H20ClNO3S. The highest BCUT2D eigenvalue weighted by atomic mass is 35.5. The molecule has 1 saturated heterocycles. The predicted octanol–water partition coefficient (Wildman–Crippen LogP) is 3.84. The minimum atomic E-state index is -3.52. The third kappa shape index (κ3) is 3.16. The lowest BCUT2D eigenvalue weighted by Crippen LogP contribution is -2.29. The van der Waals surface area contributed by atoms with E-state index in [-0.39, 0.29) is 5.92 Å². The minimum absolute atomic E-state index is 0.199. The highest BCUT2D eigenvalue weighted by Crippen LogP contribution is 2.33. The molecule has 0 N–H and O–H groups in total. The largest absolute Gasteiger partial charge is 0.497 e. The van der Waals surface area contributed by atoms with Crippen LogP contribution >= 0.6 is 11.6 Å². The Kier molecular flexibility index (Phi) is 4.85. The van der Waals surface area contributed by atoms with Gasteiger partial charge >= 0.3 is 0 Å². The molecule has 1 fully saturated rings. The molecule has 0 radical (unpaired) electrons. The lowest BCUT2D eigenvalue weighted by molar-refractivity contribution is 0.414. The van der Waals surface area contributed by atoms with Crippen molar-refractivity contribution in [3.8, 4) is 5.75 Å². The predicted molar refractivity (Wildman–Crippen MR) is 95.3 cm³/mol. The van der Waals surface area contributed by atoms with Gasteiger partial charge in [0.15, 0.2) is 0 Å². The van der Waals surface area contributed by atoms with Crippen molar-refractivity contribution in [2.45, 2.75) is 24.2 Å². The van der Waals surface area contributed by atoms with Crippen LogP contribution in [-0.2, 0) is 10.0 Å². The quantitative estimate of drug-likeness (QED) is 0.827. The smallest absolute Gasteiger partial charge is 0.243 e. The van der Waals surface area contributed by atoms with Crippen molar-refractivity contribution in [1.29, 1.82) is 0 Å². The first-order valence-corrected chi connectivity index (χ1v) is 9.64. The van der Waals surface area contributed by atoms with Crippen molar-refractivity contribution in [2.75, 3.05) is 20.2 Å². The maximum atomic E-state index is 12.9. The van der Waals surface area contributed by atoms with Gasteiger partial charge in [-0.25, -0.2) is 8.42 Å². The van der Waals surface area contributed by atoms with Gasteiger partial charge in [0, 0.05) is 18.1 Å². The number of rotatable bonds is 4. The fourth-order valence-corrected chi connectivity index (χ4v) is 5.08. The van der Waals surface area contributed by atoms with E-state index in [0.717, 1.165) is 17.7 Å². The summed E-state index contributed by atoms with van der Waals surface area (Å²) >= 11 is 6.08. The van der Waals surface area contributed by atoms with Crippen molar-refractivity contribution >= 4 is 21.6 Å². The van der Waals surface area contributed by atoms with Crippen LogP contribution in [0.1, 0.15) is 23.5 Å². The molecular weight excluding hydrogens is 346 g/mol. The summed E-state index contributed by atoms with van der Waals surface area (Å²) in [6, 6.07) is 12.8. The molecule has 4 nitrogen and oxygen atoms in total. The molecule has 1 heterocycles. The molecule has 1 atom stereocenters. The highest BCUT2D eigenvalue weighted by molar-refractivity contribution is 7.89. The second-order valence-electron chi connectivity index (χ2n) is 5.98. The Labute approximate surface area is 148 Å². The van der Waals surface area contributed by atoms with E-state index in [4.69, 9.17) is 16.3 Å². The summed E-state index contributed by atoms with van der Waals surface area (Å²) in [5.74, 6) is 1.00. The van der Waals surface area contributed by atoms with Crippen LogP contribution < -0.4 is 4.74 Å². The van der Waals surface area contributed by atoms with E-state index in [1.54, 1.807) is 36.5 Å². The molecule has 2 aromatic rings.